The molecule has 0 aliphatic heterocycles. The second-order valence-electron chi connectivity index (χ2n) is 6.20. The molecule has 0 amide bonds. The second-order valence-corrected chi connectivity index (χ2v) is 7.88. The van der Waals surface area contributed by atoms with E-state index in [4.69, 9.17) is 0 Å². The van der Waals surface area contributed by atoms with Crippen LogP contribution in [0.25, 0.3) is 11.0 Å². The molecule has 0 aliphatic rings. The molecule has 28 heavy (non-hydrogen) atoms. The highest BCUT2D eigenvalue weighted by Gasteiger charge is 2.15. The summed E-state index contributed by atoms with van der Waals surface area (Å²) in [5, 5.41) is 3.89. The Labute approximate surface area is 162 Å². The molecule has 0 saturated carbocycles. The molecule has 3 aromatic heterocycles. The Morgan fingerprint density at radius 1 is 0.786 bits per heavy atom. The molecule has 3 heterocycles. The second kappa shape index (κ2) is 7.24. The predicted molar refractivity (Wildman–Crippen MR) is 109 cm³/mol. The SMILES string of the molecule is Cc1ccc(S(=O)(=O)Nc2ccc3ccc(Nc4ccccn4)nc3n2)cc1. The van der Waals surface area contributed by atoms with Gasteiger partial charge in [-0.05, 0) is 55.5 Å². The third-order valence-corrected chi connectivity index (χ3v) is 5.41. The highest BCUT2D eigenvalue weighted by molar-refractivity contribution is 7.92. The van der Waals surface area contributed by atoms with Crippen LogP contribution in [0.15, 0.2) is 77.8 Å². The Kier molecular flexibility index (Phi) is 4.62. The van der Waals surface area contributed by atoms with E-state index in [2.05, 4.69) is 25.0 Å². The fourth-order valence-corrected chi connectivity index (χ4v) is 3.61. The zero-order valence-corrected chi connectivity index (χ0v) is 15.8. The lowest BCUT2D eigenvalue weighted by Crippen LogP contribution is -2.14. The summed E-state index contributed by atoms with van der Waals surface area (Å²) in [5.41, 5.74) is 1.41. The van der Waals surface area contributed by atoms with Gasteiger partial charge in [0.05, 0.1) is 4.90 Å². The molecule has 8 heteroatoms. The third kappa shape index (κ3) is 3.91. The summed E-state index contributed by atoms with van der Waals surface area (Å²) in [6.45, 7) is 1.90. The van der Waals surface area contributed by atoms with Crippen molar-refractivity contribution in [2.45, 2.75) is 11.8 Å². The maximum Gasteiger partial charge on any atom is 0.263 e. The molecule has 0 bridgehead atoms. The van der Waals surface area contributed by atoms with Gasteiger partial charge in [-0.15, -0.1) is 0 Å². The first kappa shape index (κ1) is 17.9. The minimum atomic E-state index is -3.72. The Balaban J connectivity index is 1.62. The van der Waals surface area contributed by atoms with Crippen molar-refractivity contribution in [2.75, 3.05) is 10.0 Å². The highest BCUT2D eigenvalue weighted by atomic mass is 32.2. The first-order chi connectivity index (χ1) is 13.5. The number of pyridine rings is 3. The van der Waals surface area contributed by atoms with Crippen molar-refractivity contribution in [3.8, 4) is 0 Å². The highest BCUT2D eigenvalue weighted by Crippen LogP contribution is 2.20. The molecule has 0 aliphatic carbocycles. The van der Waals surface area contributed by atoms with E-state index in [1.807, 2.05) is 37.3 Å². The number of aromatic nitrogens is 3. The van der Waals surface area contributed by atoms with Gasteiger partial charge in [-0.2, -0.15) is 0 Å². The van der Waals surface area contributed by atoms with E-state index in [-0.39, 0.29) is 10.7 Å². The van der Waals surface area contributed by atoms with E-state index >= 15 is 0 Å². The predicted octanol–water partition coefficient (Wildman–Crippen LogP) is 3.88. The Bertz CT molecular complexity index is 1230. The largest absolute Gasteiger partial charge is 0.325 e. The van der Waals surface area contributed by atoms with Gasteiger partial charge in [-0.3, -0.25) is 4.72 Å². The molecule has 0 unspecified atom stereocenters. The summed E-state index contributed by atoms with van der Waals surface area (Å²) < 4.78 is 27.6. The van der Waals surface area contributed by atoms with Crippen LogP contribution in [-0.2, 0) is 10.0 Å². The van der Waals surface area contributed by atoms with Gasteiger partial charge in [0.1, 0.15) is 17.5 Å². The summed E-state index contributed by atoms with van der Waals surface area (Å²) in [7, 11) is -3.72. The van der Waals surface area contributed by atoms with Crippen LogP contribution in [0.2, 0.25) is 0 Å². The maximum absolute atomic E-state index is 12.6. The van der Waals surface area contributed by atoms with Crippen LogP contribution in [0.3, 0.4) is 0 Å². The van der Waals surface area contributed by atoms with Crippen molar-refractivity contribution >= 4 is 38.5 Å². The minimum absolute atomic E-state index is 0.179. The van der Waals surface area contributed by atoms with Crippen molar-refractivity contribution in [2.24, 2.45) is 0 Å². The number of hydrogen-bond donors (Lipinski definition) is 2. The molecule has 7 nitrogen and oxygen atoms in total. The summed E-state index contributed by atoms with van der Waals surface area (Å²) >= 11 is 0. The van der Waals surface area contributed by atoms with Gasteiger partial charge in [0.15, 0.2) is 5.65 Å². The van der Waals surface area contributed by atoms with E-state index in [1.54, 1.807) is 42.6 Å². The Morgan fingerprint density at radius 3 is 2.21 bits per heavy atom. The lowest BCUT2D eigenvalue weighted by Gasteiger charge is -2.09. The Hall–Kier alpha value is -3.52. The van der Waals surface area contributed by atoms with Gasteiger partial charge in [0.25, 0.3) is 10.0 Å². The lowest BCUT2D eigenvalue weighted by atomic mass is 10.2. The molecular weight excluding hydrogens is 374 g/mol. The summed E-state index contributed by atoms with van der Waals surface area (Å²) in [6.07, 6.45) is 1.68. The number of hydrogen-bond acceptors (Lipinski definition) is 6. The monoisotopic (exact) mass is 391 g/mol. The van der Waals surface area contributed by atoms with Crippen LogP contribution in [-0.4, -0.2) is 23.4 Å². The zero-order valence-electron chi connectivity index (χ0n) is 15.0. The number of aryl methyl sites for hydroxylation is 1. The van der Waals surface area contributed by atoms with Crippen LogP contribution in [0.1, 0.15) is 5.56 Å². The van der Waals surface area contributed by atoms with Crippen LogP contribution in [0.5, 0.6) is 0 Å². The fourth-order valence-electron chi connectivity index (χ4n) is 2.61. The number of benzene rings is 1. The van der Waals surface area contributed by atoms with Crippen molar-refractivity contribution in [1.29, 1.82) is 0 Å². The zero-order chi connectivity index (χ0) is 19.6. The smallest absolute Gasteiger partial charge is 0.263 e. The quantitative estimate of drug-likeness (QED) is 0.536. The third-order valence-electron chi connectivity index (χ3n) is 4.04. The topological polar surface area (TPSA) is 96.9 Å². The van der Waals surface area contributed by atoms with E-state index in [9.17, 15) is 8.42 Å². The van der Waals surface area contributed by atoms with E-state index < -0.39 is 10.0 Å². The lowest BCUT2D eigenvalue weighted by molar-refractivity contribution is 0.601. The first-order valence-electron chi connectivity index (χ1n) is 8.55. The van der Waals surface area contributed by atoms with Gasteiger partial charge in [0, 0.05) is 11.6 Å². The summed E-state index contributed by atoms with van der Waals surface area (Å²) in [6, 6.07) is 19.2. The van der Waals surface area contributed by atoms with Crippen molar-refractivity contribution < 1.29 is 8.42 Å². The molecule has 0 atom stereocenters. The molecule has 140 valence electrons. The molecule has 0 fully saturated rings. The molecule has 0 spiro atoms. The molecule has 1 aromatic carbocycles. The number of nitrogens with zero attached hydrogens (tertiary/aromatic N) is 3. The molecule has 2 N–H and O–H groups in total. The Morgan fingerprint density at radius 2 is 1.50 bits per heavy atom. The average Bonchev–Trinajstić information content (AvgIpc) is 2.68. The standard InChI is InChI=1S/C20H17N5O2S/c1-14-5-9-16(10-6-14)28(26,27)25-19-12-8-15-7-11-18(23-20(15)24-19)22-17-4-2-3-13-21-17/h2-13H,1H3,(H2,21,22,23,24,25). The number of sulfonamides is 1. The minimum Gasteiger partial charge on any atom is -0.325 e. The van der Waals surface area contributed by atoms with E-state index in [0.29, 0.717) is 17.3 Å². The van der Waals surface area contributed by atoms with Gasteiger partial charge in [-0.1, -0.05) is 23.8 Å². The number of anilines is 3. The van der Waals surface area contributed by atoms with E-state index in [1.165, 1.54) is 0 Å². The van der Waals surface area contributed by atoms with E-state index in [0.717, 1.165) is 10.9 Å². The van der Waals surface area contributed by atoms with Crippen LogP contribution in [0, 0.1) is 6.92 Å². The first-order valence-corrected chi connectivity index (χ1v) is 10.0. The normalized spacial score (nSPS) is 11.3. The summed E-state index contributed by atoms with van der Waals surface area (Å²) in [5.74, 6) is 1.43. The van der Waals surface area contributed by atoms with Crippen LogP contribution in [0.4, 0.5) is 17.5 Å². The molecular formula is C20H17N5O2S. The fraction of sp³-hybridized carbons (Fsp3) is 0.0500. The van der Waals surface area contributed by atoms with Crippen LogP contribution < -0.4 is 10.0 Å². The number of nitrogens with one attached hydrogen (secondary N) is 2. The van der Waals surface area contributed by atoms with Crippen molar-refractivity contribution in [3.05, 3.63) is 78.5 Å². The van der Waals surface area contributed by atoms with Gasteiger partial charge in [-0.25, -0.2) is 23.4 Å². The molecule has 4 rings (SSSR count). The van der Waals surface area contributed by atoms with Crippen molar-refractivity contribution in [3.63, 3.8) is 0 Å². The maximum atomic E-state index is 12.6. The summed E-state index contributed by atoms with van der Waals surface area (Å²) in [4.78, 5) is 13.2. The molecule has 4 aromatic rings. The molecule has 0 saturated heterocycles. The number of rotatable bonds is 5. The van der Waals surface area contributed by atoms with Crippen LogP contribution >= 0.6 is 0 Å². The van der Waals surface area contributed by atoms with Gasteiger partial charge < -0.3 is 5.32 Å². The van der Waals surface area contributed by atoms with Gasteiger partial charge in [0.2, 0.25) is 0 Å². The van der Waals surface area contributed by atoms with Gasteiger partial charge >= 0.3 is 0 Å². The molecule has 0 radical (unpaired) electrons. The average molecular weight is 391 g/mol. The number of fused-ring (bicyclic) bond motifs is 1. The van der Waals surface area contributed by atoms with Crippen molar-refractivity contribution in [1.82, 2.24) is 15.0 Å².